The topological polar surface area (TPSA) is 49.6 Å². The van der Waals surface area contributed by atoms with Gasteiger partial charge >= 0.3 is 0 Å². The van der Waals surface area contributed by atoms with Crippen molar-refractivity contribution in [2.75, 3.05) is 39.8 Å². The number of carbonyl (C=O) groups is 1. The fourth-order valence-corrected chi connectivity index (χ4v) is 2.18. The summed E-state index contributed by atoms with van der Waals surface area (Å²) in [4.78, 5) is 16.2. The molecule has 4 heteroatoms. The fourth-order valence-electron chi connectivity index (χ4n) is 2.18. The first kappa shape index (κ1) is 13.2. The van der Waals surface area contributed by atoms with Gasteiger partial charge in [0.25, 0.3) is 0 Å². The number of carbonyl (C=O) groups excluding carboxylic acids is 1. The highest BCUT2D eigenvalue weighted by Gasteiger charge is 2.13. The minimum atomic E-state index is 0.00106. The minimum Gasteiger partial charge on any atom is -0.324 e. The van der Waals surface area contributed by atoms with Gasteiger partial charge in [-0.15, -0.1) is 0 Å². The van der Waals surface area contributed by atoms with Gasteiger partial charge in [-0.2, -0.15) is 0 Å². The Kier molecular flexibility index (Phi) is 4.47. The lowest BCUT2D eigenvalue weighted by atomic mass is 10.1. The predicted octanol–water partition coefficient (Wildman–Crippen LogP) is 0.575. The Morgan fingerprint density at radius 3 is 2.33 bits per heavy atom. The summed E-state index contributed by atoms with van der Waals surface area (Å²) in [6.45, 7) is 5.52. The molecule has 0 unspecified atom stereocenters. The van der Waals surface area contributed by atoms with Crippen LogP contribution in [0.1, 0.15) is 15.9 Å². The van der Waals surface area contributed by atoms with E-state index in [2.05, 4.69) is 16.8 Å². The molecule has 0 spiro atoms. The molecule has 2 N–H and O–H groups in total. The predicted molar refractivity (Wildman–Crippen MR) is 72.6 cm³/mol. The fraction of sp³-hybridized carbons (Fsp3) is 0.500. The Hall–Kier alpha value is -1.23. The second-order valence-electron chi connectivity index (χ2n) is 4.90. The van der Waals surface area contributed by atoms with Crippen molar-refractivity contribution in [2.24, 2.45) is 5.73 Å². The molecule has 1 aliphatic heterocycles. The van der Waals surface area contributed by atoms with E-state index in [1.54, 1.807) is 0 Å². The van der Waals surface area contributed by atoms with Crippen LogP contribution in [0.4, 0.5) is 0 Å². The third-order valence-electron chi connectivity index (χ3n) is 3.46. The lowest BCUT2D eigenvalue weighted by Crippen LogP contribution is -2.43. The smallest absolute Gasteiger partial charge is 0.176 e. The summed E-state index contributed by atoms with van der Waals surface area (Å²) in [6, 6.07) is 7.81. The van der Waals surface area contributed by atoms with Gasteiger partial charge in [0.1, 0.15) is 0 Å². The van der Waals surface area contributed by atoms with E-state index in [4.69, 9.17) is 5.73 Å². The second kappa shape index (κ2) is 6.09. The lowest BCUT2D eigenvalue weighted by Gasteiger charge is -2.32. The Balaban J connectivity index is 1.92. The van der Waals surface area contributed by atoms with Gasteiger partial charge in [0.05, 0.1) is 6.54 Å². The average Bonchev–Trinajstić information content (AvgIpc) is 2.41. The second-order valence-corrected chi connectivity index (χ2v) is 4.90. The van der Waals surface area contributed by atoms with Crippen molar-refractivity contribution in [1.29, 1.82) is 0 Å². The van der Waals surface area contributed by atoms with E-state index in [9.17, 15) is 4.79 Å². The number of nitrogens with two attached hydrogens (primary N) is 1. The van der Waals surface area contributed by atoms with Crippen molar-refractivity contribution in [3.8, 4) is 0 Å². The van der Waals surface area contributed by atoms with Crippen LogP contribution in [0.25, 0.3) is 0 Å². The van der Waals surface area contributed by atoms with Crippen LogP contribution in [0.15, 0.2) is 24.3 Å². The third kappa shape index (κ3) is 3.38. The van der Waals surface area contributed by atoms with Crippen LogP contribution in [0.2, 0.25) is 0 Å². The van der Waals surface area contributed by atoms with E-state index in [-0.39, 0.29) is 12.3 Å². The zero-order chi connectivity index (χ0) is 13.0. The summed E-state index contributed by atoms with van der Waals surface area (Å²) < 4.78 is 0. The number of likely N-dealkylation sites (N-methyl/N-ethyl adjacent to an activating group) is 1. The summed E-state index contributed by atoms with van der Waals surface area (Å²) in [5, 5.41) is 0. The van der Waals surface area contributed by atoms with Crippen LogP contribution in [0.5, 0.6) is 0 Å². The molecule has 18 heavy (non-hydrogen) atoms. The van der Waals surface area contributed by atoms with Crippen LogP contribution >= 0.6 is 0 Å². The molecule has 1 aromatic carbocycles. The molecule has 1 heterocycles. The summed E-state index contributed by atoms with van der Waals surface area (Å²) in [5.41, 5.74) is 7.31. The molecule has 0 bridgehead atoms. The SMILES string of the molecule is CN1CCN(Cc2ccc(C(=O)CN)cc2)CC1. The number of Topliss-reactive ketones (excluding diaryl/α,β-unsaturated/α-hetero) is 1. The molecule has 0 saturated carbocycles. The van der Waals surface area contributed by atoms with Crippen LogP contribution < -0.4 is 5.73 Å². The Labute approximate surface area is 108 Å². The molecule has 98 valence electrons. The first-order valence-corrected chi connectivity index (χ1v) is 6.42. The highest BCUT2D eigenvalue weighted by molar-refractivity contribution is 5.97. The van der Waals surface area contributed by atoms with Crippen LogP contribution in [0.3, 0.4) is 0 Å². The number of benzene rings is 1. The van der Waals surface area contributed by atoms with Crippen LogP contribution in [-0.4, -0.2) is 55.4 Å². The summed E-state index contributed by atoms with van der Waals surface area (Å²) >= 11 is 0. The number of hydrogen-bond donors (Lipinski definition) is 1. The van der Waals surface area contributed by atoms with Crippen molar-refractivity contribution >= 4 is 5.78 Å². The first-order chi connectivity index (χ1) is 8.69. The molecule has 1 aliphatic rings. The van der Waals surface area contributed by atoms with Gasteiger partial charge < -0.3 is 10.6 Å². The van der Waals surface area contributed by atoms with E-state index in [0.29, 0.717) is 5.56 Å². The molecule has 0 atom stereocenters. The zero-order valence-corrected chi connectivity index (χ0v) is 10.9. The average molecular weight is 247 g/mol. The molecule has 1 fully saturated rings. The Morgan fingerprint density at radius 1 is 1.17 bits per heavy atom. The van der Waals surface area contributed by atoms with Gasteiger partial charge in [-0.25, -0.2) is 0 Å². The van der Waals surface area contributed by atoms with E-state index in [1.165, 1.54) is 5.56 Å². The summed E-state index contributed by atoms with van der Waals surface area (Å²) in [6.07, 6.45) is 0. The van der Waals surface area contributed by atoms with E-state index in [0.717, 1.165) is 32.7 Å². The van der Waals surface area contributed by atoms with E-state index < -0.39 is 0 Å². The maximum absolute atomic E-state index is 11.4. The standard InChI is InChI=1S/C14H21N3O/c1-16-6-8-17(9-7-16)11-12-2-4-13(5-3-12)14(18)10-15/h2-5H,6-11,15H2,1H3. The maximum atomic E-state index is 11.4. The summed E-state index contributed by atoms with van der Waals surface area (Å²) in [7, 11) is 2.16. The molecule has 0 aromatic heterocycles. The molecular weight excluding hydrogens is 226 g/mol. The largest absolute Gasteiger partial charge is 0.324 e. The van der Waals surface area contributed by atoms with E-state index in [1.807, 2.05) is 24.3 Å². The molecule has 0 radical (unpaired) electrons. The Morgan fingerprint density at radius 2 is 1.78 bits per heavy atom. The van der Waals surface area contributed by atoms with Crippen molar-refractivity contribution in [1.82, 2.24) is 9.80 Å². The summed E-state index contributed by atoms with van der Waals surface area (Å²) in [5.74, 6) is 0.00106. The van der Waals surface area contributed by atoms with Crippen molar-refractivity contribution in [2.45, 2.75) is 6.54 Å². The molecular formula is C14H21N3O. The van der Waals surface area contributed by atoms with Gasteiger partial charge in [-0.05, 0) is 12.6 Å². The first-order valence-electron chi connectivity index (χ1n) is 6.42. The van der Waals surface area contributed by atoms with Crippen LogP contribution in [0, 0.1) is 0 Å². The third-order valence-corrected chi connectivity index (χ3v) is 3.46. The molecule has 4 nitrogen and oxygen atoms in total. The maximum Gasteiger partial charge on any atom is 0.176 e. The number of hydrogen-bond acceptors (Lipinski definition) is 4. The monoisotopic (exact) mass is 247 g/mol. The molecule has 0 aliphatic carbocycles. The van der Waals surface area contributed by atoms with Crippen molar-refractivity contribution in [3.63, 3.8) is 0 Å². The number of nitrogens with zero attached hydrogens (tertiary/aromatic N) is 2. The molecule has 1 aromatic rings. The molecule has 0 amide bonds. The molecule has 1 saturated heterocycles. The normalized spacial score (nSPS) is 17.9. The van der Waals surface area contributed by atoms with Gasteiger partial charge in [0, 0.05) is 38.3 Å². The number of rotatable bonds is 4. The zero-order valence-electron chi connectivity index (χ0n) is 10.9. The van der Waals surface area contributed by atoms with Crippen molar-refractivity contribution < 1.29 is 4.79 Å². The molecule has 2 rings (SSSR count). The van der Waals surface area contributed by atoms with Gasteiger partial charge in [0.15, 0.2) is 5.78 Å². The quantitative estimate of drug-likeness (QED) is 0.791. The van der Waals surface area contributed by atoms with Crippen molar-refractivity contribution in [3.05, 3.63) is 35.4 Å². The highest BCUT2D eigenvalue weighted by atomic mass is 16.1. The highest BCUT2D eigenvalue weighted by Crippen LogP contribution is 2.09. The van der Waals surface area contributed by atoms with Gasteiger partial charge in [0.2, 0.25) is 0 Å². The number of piperazine rings is 1. The van der Waals surface area contributed by atoms with Gasteiger partial charge in [-0.3, -0.25) is 9.69 Å². The number of ketones is 1. The lowest BCUT2D eigenvalue weighted by molar-refractivity contribution is 0.100. The van der Waals surface area contributed by atoms with E-state index >= 15 is 0 Å². The van der Waals surface area contributed by atoms with Crippen LogP contribution in [-0.2, 0) is 6.54 Å². The van der Waals surface area contributed by atoms with Gasteiger partial charge in [-0.1, -0.05) is 24.3 Å². The Bertz CT molecular complexity index is 394. The minimum absolute atomic E-state index is 0.00106.